The molecule has 0 aliphatic heterocycles. The van der Waals surface area contributed by atoms with Gasteiger partial charge in [-0.2, -0.15) is 0 Å². The normalized spacial score (nSPS) is 11.9. The van der Waals surface area contributed by atoms with Crippen LogP contribution in [-0.2, 0) is 14.6 Å². The van der Waals surface area contributed by atoms with Crippen LogP contribution in [0.3, 0.4) is 0 Å². The van der Waals surface area contributed by atoms with Crippen LogP contribution >= 0.6 is 11.3 Å². The number of hydrogen-bond acceptors (Lipinski definition) is 6. The summed E-state index contributed by atoms with van der Waals surface area (Å²) in [5, 5.41) is 0.372. The third-order valence-corrected chi connectivity index (χ3v) is 7.76. The molecule has 166 valence electrons. The SMILES string of the molecule is CCN(CC)CCN(C(=O)CS(=O)(=O)c1ccc(C)cc1)c1nc2ccc(F)cc2s1. The number of anilines is 1. The molecular formula is C22H26FN3O3S2. The van der Waals surface area contributed by atoms with Gasteiger partial charge in [-0.3, -0.25) is 9.69 Å². The number of rotatable bonds is 9. The summed E-state index contributed by atoms with van der Waals surface area (Å²) in [6, 6.07) is 10.7. The van der Waals surface area contributed by atoms with E-state index in [-0.39, 0.29) is 10.7 Å². The zero-order chi connectivity index (χ0) is 22.6. The summed E-state index contributed by atoms with van der Waals surface area (Å²) in [5.74, 6) is -1.59. The molecule has 0 bridgehead atoms. The van der Waals surface area contributed by atoms with Crippen molar-refractivity contribution in [2.45, 2.75) is 25.7 Å². The number of sulfone groups is 1. The van der Waals surface area contributed by atoms with Crippen LogP contribution in [-0.4, -0.2) is 56.1 Å². The Hall–Kier alpha value is -2.36. The largest absolute Gasteiger partial charge is 0.302 e. The van der Waals surface area contributed by atoms with Gasteiger partial charge in [-0.05, 0) is 50.3 Å². The molecule has 0 N–H and O–H groups in total. The molecule has 1 aromatic heterocycles. The van der Waals surface area contributed by atoms with E-state index in [4.69, 9.17) is 0 Å². The van der Waals surface area contributed by atoms with Crippen molar-refractivity contribution < 1.29 is 17.6 Å². The lowest BCUT2D eigenvalue weighted by Crippen LogP contribution is -2.41. The van der Waals surface area contributed by atoms with Gasteiger partial charge in [0.2, 0.25) is 5.91 Å². The second kappa shape index (κ2) is 9.84. The smallest absolute Gasteiger partial charge is 0.244 e. The number of fused-ring (bicyclic) bond motifs is 1. The Labute approximate surface area is 186 Å². The van der Waals surface area contributed by atoms with Crippen LogP contribution in [0.25, 0.3) is 10.2 Å². The zero-order valence-electron chi connectivity index (χ0n) is 17.8. The minimum Gasteiger partial charge on any atom is -0.302 e. The highest BCUT2D eigenvalue weighted by molar-refractivity contribution is 7.92. The van der Waals surface area contributed by atoms with Gasteiger partial charge in [-0.25, -0.2) is 17.8 Å². The number of aryl methyl sites for hydroxylation is 1. The van der Waals surface area contributed by atoms with Gasteiger partial charge < -0.3 is 4.90 Å². The molecule has 3 aromatic rings. The lowest BCUT2D eigenvalue weighted by Gasteiger charge is -2.24. The Balaban J connectivity index is 1.90. The molecule has 6 nitrogen and oxygen atoms in total. The highest BCUT2D eigenvalue weighted by Gasteiger charge is 2.27. The average Bonchev–Trinajstić information content (AvgIpc) is 3.13. The molecule has 0 saturated heterocycles. The summed E-state index contributed by atoms with van der Waals surface area (Å²) in [7, 11) is -3.80. The van der Waals surface area contributed by atoms with Gasteiger partial charge in [0.05, 0.1) is 15.1 Å². The second-order valence-electron chi connectivity index (χ2n) is 7.25. The molecular weight excluding hydrogens is 437 g/mol. The van der Waals surface area contributed by atoms with Crippen LogP contribution in [0.1, 0.15) is 19.4 Å². The Morgan fingerprint density at radius 3 is 2.39 bits per heavy atom. The minimum absolute atomic E-state index is 0.113. The van der Waals surface area contributed by atoms with Crippen molar-refractivity contribution in [2.24, 2.45) is 0 Å². The molecule has 0 saturated carbocycles. The first-order valence-electron chi connectivity index (χ1n) is 10.1. The number of likely N-dealkylation sites (N-methyl/N-ethyl adjacent to an activating group) is 1. The predicted molar refractivity (Wildman–Crippen MR) is 123 cm³/mol. The second-order valence-corrected chi connectivity index (χ2v) is 10.3. The van der Waals surface area contributed by atoms with Gasteiger partial charge in [-0.15, -0.1) is 0 Å². The predicted octanol–water partition coefficient (Wildman–Crippen LogP) is 3.89. The Bertz CT molecular complexity index is 1160. The van der Waals surface area contributed by atoms with E-state index in [1.807, 2.05) is 20.8 Å². The topological polar surface area (TPSA) is 70.6 Å². The number of thiazole rings is 1. The van der Waals surface area contributed by atoms with Gasteiger partial charge in [0.15, 0.2) is 15.0 Å². The van der Waals surface area contributed by atoms with E-state index in [1.54, 1.807) is 18.2 Å². The van der Waals surface area contributed by atoms with Crippen LogP contribution in [0, 0.1) is 12.7 Å². The third-order valence-electron chi connectivity index (χ3n) is 5.10. The molecule has 0 aliphatic rings. The van der Waals surface area contributed by atoms with E-state index in [9.17, 15) is 17.6 Å². The average molecular weight is 464 g/mol. The summed E-state index contributed by atoms with van der Waals surface area (Å²) in [6.07, 6.45) is 0. The Morgan fingerprint density at radius 1 is 1.06 bits per heavy atom. The van der Waals surface area contributed by atoms with Gasteiger partial charge in [-0.1, -0.05) is 42.9 Å². The van der Waals surface area contributed by atoms with Crippen LogP contribution in [0.15, 0.2) is 47.4 Å². The monoisotopic (exact) mass is 463 g/mol. The molecule has 0 radical (unpaired) electrons. The maximum atomic E-state index is 13.6. The number of amides is 1. The lowest BCUT2D eigenvalue weighted by molar-refractivity contribution is -0.116. The van der Waals surface area contributed by atoms with Crippen LogP contribution in [0.2, 0.25) is 0 Å². The number of aromatic nitrogens is 1. The van der Waals surface area contributed by atoms with Crippen molar-refractivity contribution in [2.75, 3.05) is 36.8 Å². The van der Waals surface area contributed by atoms with Crippen LogP contribution < -0.4 is 4.90 Å². The summed E-state index contributed by atoms with van der Waals surface area (Å²) in [6.45, 7) is 8.42. The summed E-state index contributed by atoms with van der Waals surface area (Å²) < 4.78 is 39.9. The summed E-state index contributed by atoms with van der Waals surface area (Å²) >= 11 is 1.18. The molecule has 9 heteroatoms. The van der Waals surface area contributed by atoms with E-state index >= 15 is 0 Å². The van der Waals surface area contributed by atoms with Gasteiger partial charge in [0.1, 0.15) is 11.6 Å². The van der Waals surface area contributed by atoms with Gasteiger partial charge in [0, 0.05) is 13.1 Å². The van der Waals surface area contributed by atoms with Crippen molar-refractivity contribution in [1.82, 2.24) is 9.88 Å². The zero-order valence-corrected chi connectivity index (χ0v) is 19.5. The van der Waals surface area contributed by atoms with E-state index in [0.717, 1.165) is 18.7 Å². The number of hydrogen-bond donors (Lipinski definition) is 0. The van der Waals surface area contributed by atoms with Gasteiger partial charge in [0.25, 0.3) is 0 Å². The fourth-order valence-electron chi connectivity index (χ4n) is 3.18. The van der Waals surface area contributed by atoms with Crippen molar-refractivity contribution in [3.8, 4) is 0 Å². The lowest BCUT2D eigenvalue weighted by atomic mass is 10.2. The fraction of sp³-hybridized carbons (Fsp3) is 0.364. The number of benzene rings is 2. The number of carbonyl (C=O) groups excluding carboxylic acids is 1. The molecule has 3 rings (SSSR count). The Kier molecular flexibility index (Phi) is 7.40. The van der Waals surface area contributed by atoms with Crippen molar-refractivity contribution >= 4 is 42.4 Å². The molecule has 0 aliphatic carbocycles. The maximum Gasteiger partial charge on any atom is 0.244 e. The van der Waals surface area contributed by atoms with E-state index in [0.29, 0.717) is 28.4 Å². The standard InChI is InChI=1S/C22H26FN3O3S2/c1-4-25(5-2)12-13-26(22-24-19-11-8-17(23)14-20(19)30-22)21(27)15-31(28,29)18-9-6-16(3)7-10-18/h6-11,14H,4-5,12-13,15H2,1-3H3. The van der Waals surface area contributed by atoms with Crippen LogP contribution in [0.5, 0.6) is 0 Å². The molecule has 0 unspecified atom stereocenters. The third kappa shape index (κ3) is 5.66. The highest BCUT2D eigenvalue weighted by Crippen LogP contribution is 2.30. The maximum absolute atomic E-state index is 13.6. The molecule has 1 heterocycles. The van der Waals surface area contributed by atoms with E-state index in [2.05, 4.69) is 9.88 Å². The van der Waals surface area contributed by atoms with Crippen LogP contribution in [0.4, 0.5) is 9.52 Å². The van der Waals surface area contributed by atoms with Crippen molar-refractivity contribution in [3.63, 3.8) is 0 Å². The molecule has 2 aromatic carbocycles. The Morgan fingerprint density at radius 2 is 1.74 bits per heavy atom. The van der Waals surface area contributed by atoms with Crippen molar-refractivity contribution in [3.05, 3.63) is 53.8 Å². The first-order valence-corrected chi connectivity index (χ1v) is 12.6. The molecule has 1 amide bonds. The van der Waals surface area contributed by atoms with E-state index in [1.165, 1.54) is 40.5 Å². The molecule has 0 spiro atoms. The molecule has 31 heavy (non-hydrogen) atoms. The summed E-state index contributed by atoms with van der Waals surface area (Å²) in [5.41, 5.74) is 1.51. The first kappa shape index (κ1) is 23.3. The van der Waals surface area contributed by atoms with E-state index < -0.39 is 21.5 Å². The van der Waals surface area contributed by atoms with Crippen molar-refractivity contribution in [1.29, 1.82) is 0 Å². The first-order chi connectivity index (χ1) is 14.7. The minimum atomic E-state index is -3.80. The number of carbonyl (C=O) groups is 1. The molecule has 0 fully saturated rings. The number of halogens is 1. The highest BCUT2D eigenvalue weighted by atomic mass is 32.2. The quantitative estimate of drug-likeness (QED) is 0.481. The number of nitrogens with zero attached hydrogens (tertiary/aromatic N) is 3. The fourth-order valence-corrected chi connectivity index (χ4v) is 5.41. The summed E-state index contributed by atoms with van der Waals surface area (Å²) in [4.78, 5) is 21.3. The molecule has 0 atom stereocenters. The van der Waals surface area contributed by atoms with Gasteiger partial charge >= 0.3 is 0 Å².